The molecule has 6 rings (SSSR count). The summed E-state index contributed by atoms with van der Waals surface area (Å²) in [5.41, 5.74) is 0.577. The van der Waals surface area contributed by atoms with Gasteiger partial charge in [-0.05, 0) is 80.8 Å². The highest BCUT2D eigenvalue weighted by Crippen LogP contribution is 2.61. The molecule has 1 N–H and O–H groups in total. The van der Waals surface area contributed by atoms with Gasteiger partial charge in [0.2, 0.25) is 0 Å². The van der Waals surface area contributed by atoms with E-state index in [1.54, 1.807) is 23.3 Å². The molecule has 2 aliphatic heterocycles. The average molecular weight is 390 g/mol. The predicted molar refractivity (Wildman–Crippen MR) is 103 cm³/mol. The van der Waals surface area contributed by atoms with E-state index in [0.29, 0.717) is 12.1 Å². The molecule has 7 heteroatoms. The molecule has 1 unspecified atom stereocenters. The van der Waals surface area contributed by atoms with E-state index < -0.39 is 10.0 Å². The van der Waals surface area contributed by atoms with Gasteiger partial charge < -0.3 is 10.2 Å². The first-order valence-corrected chi connectivity index (χ1v) is 11.7. The summed E-state index contributed by atoms with van der Waals surface area (Å²) in [7, 11) is -3.49. The number of amidine groups is 1. The van der Waals surface area contributed by atoms with Crippen LogP contribution in [-0.2, 0) is 14.8 Å². The van der Waals surface area contributed by atoms with E-state index in [1.807, 2.05) is 0 Å². The molecule has 6 aliphatic rings. The highest BCUT2D eigenvalue weighted by molar-refractivity contribution is 7.90. The van der Waals surface area contributed by atoms with Crippen molar-refractivity contribution in [3.8, 4) is 0 Å². The number of rotatable bonds is 3. The predicted octanol–water partition coefficient (Wildman–Crippen LogP) is 2.21. The second-order valence-corrected chi connectivity index (χ2v) is 11.0. The number of nitrogens with one attached hydrogen (secondary N) is 1. The van der Waals surface area contributed by atoms with E-state index in [1.165, 1.54) is 38.5 Å². The summed E-state index contributed by atoms with van der Waals surface area (Å²) in [6.45, 7) is 2.48. The van der Waals surface area contributed by atoms with Crippen LogP contribution in [0.3, 0.4) is 0 Å². The van der Waals surface area contributed by atoms with E-state index in [0.717, 1.165) is 17.8 Å². The van der Waals surface area contributed by atoms with Crippen LogP contribution in [0.1, 0.15) is 45.4 Å². The molecular formula is C20H27N3O3S. The summed E-state index contributed by atoms with van der Waals surface area (Å²) in [4.78, 5) is 14.8. The zero-order chi connectivity index (χ0) is 18.8. The number of carbonyl (C=O) groups excluding carboxylic acids is 1. The minimum Gasteiger partial charge on any atom is -0.349 e. The van der Waals surface area contributed by atoms with Crippen molar-refractivity contribution >= 4 is 21.8 Å². The molecule has 4 bridgehead atoms. The molecule has 27 heavy (non-hydrogen) atoms. The molecule has 4 aliphatic carbocycles. The maximum atomic E-state index is 13.1. The van der Waals surface area contributed by atoms with Gasteiger partial charge in [0.15, 0.2) is 5.84 Å². The quantitative estimate of drug-likeness (QED) is 0.803. The lowest BCUT2D eigenvalue weighted by Gasteiger charge is -2.59. The van der Waals surface area contributed by atoms with Crippen LogP contribution in [0.2, 0.25) is 0 Å². The standard InChI is InChI=1S/C20H27N3O3S/c1-13(20-10-14-7-15(11-20)9-16(8-14)12-20)21-19(24)17-3-2-4-23-5-6-27(25,26)22-18(17)23/h2-4,13-16H,5-12H2,1H3,(H,21,24). The summed E-state index contributed by atoms with van der Waals surface area (Å²) in [5, 5.41) is 3.22. The Kier molecular flexibility index (Phi) is 3.84. The van der Waals surface area contributed by atoms with Crippen molar-refractivity contribution in [3.05, 3.63) is 23.9 Å². The van der Waals surface area contributed by atoms with Crippen LogP contribution in [0.25, 0.3) is 0 Å². The van der Waals surface area contributed by atoms with Gasteiger partial charge in [-0.15, -0.1) is 4.40 Å². The van der Waals surface area contributed by atoms with Gasteiger partial charge in [-0.2, -0.15) is 0 Å². The summed E-state index contributed by atoms with van der Waals surface area (Å²) in [6, 6.07) is 0.0967. The third kappa shape index (κ3) is 2.94. The summed E-state index contributed by atoms with van der Waals surface area (Å²) >= 11 is 0. The maximum Gasteiger partial charge on any atom is 0.256 e. The smallest absolute Gasteiger partial charge is 0.256 e. The second kappa shape index (κ2) is 5.93. The van der Waals surface area contributed by atoms with Crippen molar-refractivity contribution in [2.24, 2.45) is 27.6 Å². The van der Waals surface area contributed by atoms with Gasteiger partial charge in [0.1, 0.15) is 0 Å². The Balaban J connectivity index is 1.37. The zero-order valence-corrected chi connectivity index (χ0v) is 16.5. The van der Waals surface area contributed by atoms with Crippen LogP contribution < -0.4 is 5.32 Å². The first-order chi connectivity index (χ1) is 12.8. The Morgan fingerprint density at radius 2 is 1.85 bits per heavy atom. The van der Waals surface area contributed by atoms with Gasteiger partial charge in [0, 0.05) is 18.8 Å². The van der Waals surface area contributed by atoms with E-state index in [2.05, 4.69) is 16.6 Å². The van der Waals surface area contributed by atoms with Gasteiger partial charge in [0.25, 0.3) is 15.9 Å². The normalized spacial score (nSPS) is 39.4. The number of hydrogen-bond acceptors (Lipinski definition) is 4. The third-order valence-corrected chi connectivity index (χ3v) is 8.60. The molecule has 0 radical (unpaired) electrons. The van der Waals surface area contributed by atoms with Crippen LogP contribution in [0.5, 0.6) is 0 Å². The first-order valence-electron chi connectivity index (χ1n) is 10.1. The Hall–Kier alpha value is -1.63. The minimum atomic E-state index is -3.49. The number of sulfonamides is 1. The number of carbonyl (C=O) groups is 1. The van der Waals surface area contributed by atoms with Crippen LogP contribution in [0.4, 0.5) is 0 Å². The van der Waals surface area contributed by atoms with Gasteiger partial charge in [-0.25, -0.2) is 8.42 Å². The van der Waals surface area contributed by atoms with Crippen molar-refractivity contribution in [3.63, 3.8) is 0 Å². The molecule has 4 saturated carbocycles. The number of amides is 1. The zero-order valence-electron chi connectivity index (χ0n) is 15.7. The molecule has 0 aromatic carbocycles. The SMILES string of the molecule is CC(NC(=O)C1=CC=CN2CCS(=O)(=O)N=C12)C12CC3CC(CC(C3)C1)C2. The molecule has 146 valence electrons. The average Bonchev–Trinajstić information content (AvgIpc) is 2.59. The summed E-state index contributed by atoms with van der Waals surface area (Å²) in [5.74, 6) is 2.53. The third-order valence-electron chi connectivity index (χ3n) is 7.45. The van der Waals surface area contributed by atoms with Crippen molar-refractivity contribution in [2.45, 2.75) is 51.5 Å². The van der Waals surface area contributed by atoms with Gasteiger partial charge in [-0.1, -0.05) is 0 Å². The van der Waals surface area contributed by atoms with E-state index >= 15 is 0 Å². The highest BCUT2D eigenvalue weighted by Gasteiger charge is 2.53. The Bertz CT molecular complexity index is 836. The van der Waals surface area contributed by atoms with Crippen molar-refractivity contribution in [1.29, 1.82) is 0 Å². The molecule has 0 spiro atoms. The second-order valence-electron chi connectivity index (χ2n) is 9.29. The molecule has 1 atom stereocenters. The molecule has 0 aromatic heterocycles. The van der Waals surface area contributed by atoms with Crippen LogP contribution in [-0.4, -0.2) is 43.4 Å². The van der Waals surface area contributed by atoms with Crippen LogP contribution >= 0.6 is 0 Å². The molecule has 4 fully saturated rings. The highest BCUT2D eigenvalue weighted by atomic mass is 32.2. The lowest BCUT2D eigenvalue weighted by molar-refractivity contribution is -0.121. The molecule has 1 amide bonds. The Morgan fingerprint density at radius 3 is 2.48 bits per heavy atom. The Labute approximate surface area is 160 Å². The lowest BCUT2D eigenvalue weighted by atomic mass is 9.48. The lowest BCUT2D eigenvalue weighted by Crippen LogP contribution is -2.56. The van der Waals surface area contributed by atoms with E-state index in [9.17, 15) is 13.2 Å². The number of nitrogens with zero attached hydrogens (tertiary/aromatic N) is 2. The molecule has 0 aromatic rings. The van der Waals surface area contributed by atoms with Crippen molar-refractivity contribution in [2.75, 3.05) is 12.3 Å². The van der Waals surface area contributed by atoms with Gasteiger partial charge >= 0.3 is 0 Å². The molecular weight excluding hydrogens is 362 g/mol. The fourth-order valence-corrected chi connectivity index (χ4v) is 7.51. The topological polar surface area (TPSA) is 78.8 Å². The van der Waals surface area contributed by atoms with Crippen molar-refractivity contribution in [1.82, 2.24) is 10.2 Å². The molecule has 6 nitrogen and oxygen atoms in total. The maximum absolute atomic E-state index is 13.1. The molecule has 2 heterocycles. The summed E-state index contributed by atoms with van der Waals surface area (Å²) in [6.07, 6.45) is 13.0. The van der Waals surface area contributed by atoms with Gasteiger partial charge in [-0.3, -0.25) is 4.79 Å². The van der Waals surface area contributed by atoms with Crippen molar-refractivity contribution < 1.29 is 13.2 Å². The van der Waals surface area contributed by atoms with Crippen LogP contribution in [0.15, 0.2) is 28.3 Å². The fraction of sp³-hybridized carbons (Fsp3) is 0.700. The van der Waals surface area contributed by atoms with Gasteiger partial charge in [0.05, 0.1) is 11.3 Å². The van der Waals surface area contributed by atoms with Crippen LogP contribution in [0, 0.1) is 23.2 Å². The largest absolute Gasteiger partial charge is 0.349 e. The van der Waals surface area contributed by atoms with E-state index in [-0.39, 0.29) is 29.0 Å². The monoisotopic (exact) mass is 389 g/mol. The number of allylic oxidation sites excluding steroid dienone is 2. The summed E-state index contributed by atoms with van der Waals surface area (Å²) < 4.78 is 27.7. The fourth-order valence-electron chi connectivity index (χ4n) is 6.53. The van der Waals surface area contributed by atoms with E-state index in [4.69, 9.17) is 0 Å². The number of fused-ring (bicyclic) bond motifs is 1. The minimum absolute atomic E-state index is 0.0145. The first kappa shape index (κ1) is 17.5. The Morgan fingerprint density at radius 1 is 1.22 bits per heavy atom. The molecule has 0 saturated heterocycles. The number of hydrogen-bond donors (Lipinski definition) is 1.